The summed E-state index contributed by atoms with van der Waals surface area (Å²) in [5, 5.41) is 3.90. The Balaban J connectivity index is 1.70. The van der Waals surface area contributed by atoms with E-state index < -0.39 is 0 Å². The number of fused-ring (bicyclic) bond motifs is 1. The molecule has 110 valence electrons. The van der Waals surface area contributed by atoms with Crippen molar-refractivity contribution in [2.75, 3.05) is 27.2 Å². The highest BCUT2D eigenvalue weighted by atomic mass is 16.5. The van der Waals surface area contributed by atoms with Crippen molar-refractivity contribution < 1.29 is 4.74 Å². The van der Waals surface area contributed by atoms with Gasteiger partial charge in [-0.15, -0.1) is 0 Å². The lowest BCUT2D eigenvalue weighted by atomic mass is 9.86. The standard InChI is InChI=1S/C17H26N2O/c1-19-10-8-14(9-11-19)18-17-5-3-4-13-12-15(20-2)6-7-16(13)17/h6-7,12,14,17-18H,3-5,8-11H2,1-2H3. The van der Waals surface area contributed by atoms with Crippen LogP contribution in [0.4, 0.5) is 0 Å². The van der Waals surface area contributed by atoms with Crippen molar-refractivity contribution in [2.24, 2.45) is 0 Å². The second kappa shape index (κ2) is 6.15. The molecule has 1 N–H and O–H groups in total. The van der Waals surface area contributed by atoms with Gasteiger partial charge in [0.05, 0.1) is 7.11 Å². The van der Waals surface area contributed by atoms with Crippen LogP contribution in [0.25, 0.3) is 0 Å². The molecule has 1 aromatic rings. The summed E-state index contributed by atoms with van der Waals surface area (Å²) in [6.07, 6.45) is 6.30. The zero-order chi connectivity index (χ0) is 13.9. The van der Waals surface area contributed by atoms with Crippen molar-refractivity contribution in [1.29, 1.82) is 0 Å². The number of methoxy groups -OCH3 is 1. The van der Waals surface area contributed by atoms with E-state index in [0.29, 0.717) is 12.1 Å². The van der Waals surface area contributed by atoms with Crippen molar-refractivity contribution in [2.45, 2.75) is 44.2 Å². The average Bonchev–Trinajstić information content (AvgIpc) is 2.49. The van der Waals surface area contributed by atoms with Gasteiger partial charge in [-0.1, -0.05) is 6.07 Å². The predicted octanol–water partition coefficient (Wildman–Crippen LogP) is 2.76. The Morgan fingerprint density at radius 1 is 1.20 bits per heavy atom. The lowest BCUT2D eigenvalue weighted by Crippen LogP contribution is -2.42. The first-order valence-electron chi connectivity index (χ1n) is 7.87. The molecule has 1 aromatic carbocycles. The lowest BCUT2D eigenvalue weighted by molar-refractivity contribution is 0.220. The monoisotopic (exact) mass is 274 g/mol. The van der Waals surface area contributed by atoms with Crippen LogP contribution in [0, 0.1) is 0 Å². The maximum atomic E-state index is 5.35. The van der Waals surface area contributed by atoms with Crippen LogP contribution in [-0.4, -0.2) is 38.2 Å². The van der Waals surface area contributed by atoms with Gasteiger partial charge in [-0.25, -0.2) is 0 Å². The summed E-state index contributed by atoms with van der Waals surface area (Å²) in [7, 11) is 3.97. The summed E-state index contributed by atoms with van der Waals surface area (Å²) in [5.74, 6) is 0.990. The number of nitrogens with one attached hydrogen (secondary N) is 1. The van der Waals surface area contributed by atoms with Gasteiger partial charge in [0.2, 0.25) is 0 Å². The highest BCUT2D eigenvalue weighted by molar-refractivity contribution is 5.39. The molecule has 1 heterocycles. The number of nitrogens with zero attached hydrogens (tertiary/aromatic N) is 1. The van der Waals surface area contributed by atoms with Gasteiger partial charge in [-0.05, 0) is 75.5 Å². The van der Waals surface area contributed by atoms with Gasteiger partial charge >= 0.3 is 0 Å². The van der Waals surface area contributed by atoms with Gasteiger partial charge in [-0.3, -0.25) is 0 Å². The first-order valence-corrected chi connectivity index (χ1v) is 7.87. The van der Waals surface area contributed by atoms with Crippen molar-refractivity contribution in [3.8, 4) is 5.75 Å². The number of likely N-dealkylation sites (tertiary alicyclic amines) is 1. The molecular formula is C17H26N2O. The molecule has 1 aliphatic heterocycles. The maximum Gasteiger partial charge on any atom is 0.119 e. The first kappa shape index (κ1) is 13.9. The Morgan fingerprint density at radius 3 is 2.75 bits per heavy atom. The van der Waals surface area contributed by atoms with E-state index in [-0.39, 0.29) is 0 Å². The Morgan fingerprint density at radius 2 is 2.00 bits per heavy atom. The molecule has 0 aromatic heterocycles. The Hall–Kier alpha value is -1.06. The predicted molar refractivity (Wildman–Crippen MR) is 82.3 cm³/mol. The minimum atomic E-state index is 0.540. The molecule has 1 atom stereocenters. The third-order valence-corrected chi connectivity index (χ3v) is 4.82. The third kappa shape index (κ3) is 2.99. The second-order valence-electron chi connectivity index (χ2n) is 6.25. The van der Waals surface area contributed by atoms with Crippen LogP contribution in [0.3, 0.4) is 0 Å². The van der Waals surface area contributed by atoms with E-state index in [2.05, 4.69) is 35.5 Å². The Bertz CT molecular complexity index is 452. The zero-order valence-electron chi connectivity index (χ0n) is 12.7. The summed E-state index contributed by atoms with van der Waals surface area (Å²) in [4.78, 5) is 2.43. The third-order valence-electron chi connectivity index (χ3n) is 4.82. The molecule has 3 heteroatoms. The molecule has 1 fully saturated rings. The number of aryl methyl sites for hydroxylation is 1. The van der Waals surface area contributed by atoms with Crippen molar-refractivity contribution in [3.63, 3.8) is 0 Å². The van der Waals surface area contributed by atoms with Crippen LogP contribution in [0.5, 0.6) is 5.75 Å². The summed E-state index contributed by atoms with van der Waals surface area (Å²) in [6.45, 7) is 2.44. The van der Waals surface area contributed by atoms with E-state index in [0.717, 1.165) is 5.75 Å². The van der Waals surface area contributed by atoms with E-state index in [9.17, 15) is 0 Å². The fourth-order valence-electron chi connectivity index (χ4n) is 3.55. The highest BCUT2D eigenvalue weighted by Crippen LogP contribution is 2.33. The molecule has 1 unspecified atom stereocenters. The average molecular weight is 274 g/mol. The van der Waals surface area contributed by atoms with Gasteiger partial charge in [0.15, 0.2) is 0 Å². The molecule has 1 aliphatic carbocycles. The number of ether oxygens (including phenoxy) is 1. The van der Waals surface area contributed by atoms with Crippen molar-refractivity contribution >= 4 is 0 Å². The van der Waals surface area contributed by atoms with Gasteiger partial charge in [0, 0.05) is 12.1 Å². The molecule has 1 saturated heterocycles. The number of rotatable bonds is 3. The van der Waals surface area contributed by atoms with Crippen LogP contribution >= 0.6 is 0 Å². The van der Waals surface area contributed by atoms with Gasteiger partial charge in [0.25, 0.3) is 0 Å². The van der Waals surface area contributed by atoms with Crippen LogP contribution in [0.15, 0.2) is 18.2 Å². The number of piperidine rings is 1. The van der Waals surface area contributed by atoms with E-state index in [1.807, 2.05) is 0 Å². The zero-order valence-corrected chi connectivity index (χ0v) is 12.7. The SMILES string of the molecule is COc1ccc2c(c1)CCCC2NC1CCN(C)CC1. The summed E-state index contributed by atoms with van der Waals surface area (Å²) >= 11 is 0. The Labute approximate surface area is 122 Å². The molecule has 0 bridgehead atoms. The molecule has 0 radical (unpaired) electrons. The molecule has 2 aliphatic rings. The van der Waals surface area contributed by atoms with E-state index >= 15 is 0 Å². The highest BCUT2D eigenvalue weighted by Gasteiger charge is 2.24. The second-order valence-corrected chi connectivity index (χ2v) is 6.25. The number of hydrogen-bond acceptors (Lipinski definition) is 3. The Kier molecular flexibility index (Phi) is 4.27. The molecule has 3 rings (SSSR count). The smallest absolute Gasteiger partial charge is 0.119 e. The minimum absolute atomic E-state index is 0.540. The fourth-order valence-corrected chi connectivity index (χ4v) is 3.55. The van der Waals surface area contributed by atoms with Crippen LogP contribution in [-0.2, 0) is 6.42 Å². The van der Waals surface area contributed by atoms with E-state index in [1.54, 1.807) is 7.11 Å². The quantitative estimate of drug-likeness (QED) is 0.917. The number of benzene rings is 1. The molecule has 0 spiro atoms. The molecular weight excluding hydrogens is 248 g/mol. The van der Waals surface area contributed by atoms with Crippen molar-refractivity contribution in [3.05, 3.63) is 29.3 Å². The van der Waals surface area contributed by atoms with E-state index in [1.165, 1.54) is 56.3 Å². The van der Waals surface area contributed by atoms with Crippen molar-refractivity contribution in [1.82, 2.24) is 10.2 Å². The van der Waals surface area contributed by atoms with Crippen LogP contribution < -0.4 is 10.1 Å². The minimum Gasteiger partial charge on any atom is -0.497 e. The van der Waals surface area contributed by atoms with Crippen LogP contribution in [0.1, 0.15) is 42.9 Å². The summed E-state index contributed by atoms with van der Waals surface area (Å²) in [5.41, 5.74) is 2.97. The van der Waals surface area contributed by atoms with Crippen LogP contribution in [0.2, 0.25) is 0 Å². The molecule has 0 amide bonds. The van der Waals surface area contributed by atoms with Gasteiger partial charge < -0.3 is 15.0 Å². The lowest BCUT2D eigenvalue weighted by Gasteiger charge is -2.35. The normalized spacial score (nSPS) is 24.4. The largest absolute Gasteiger partial charge is 0.497 e. The number of hydrogen-bond donors (Lipinski definition) is 1. The van der Waals surface area contributed by atoms with E-state index in [4.69, 9.17) is 4.74 Å². The topological polar surface area (TPSA) is 24.5 Å². The summed E-state index contributed by atoms with van der Waals surface area (Å²) < 4.78 is 5.35. The molecule has 3 nitrogen and oxygen atoms in total. The first-order chi connectivity index (χ1) is 9.76. The van der Waals surface area contributed by atoms with Gasteiger partial charge in [-0.2, -0.15) is 0 Å². The molecule has 0 saturated carbocycles. The maximum absolute atomic E-state index is 5.35. The van der Waals surface area contributed by atoms with Gasteiger partial charge in [0.1, 0.15) is 5.75 Å². The summed E-state index contributed by atoms with van der Waals surface area (Å²) in [6, 6.07) is 7.81. The fraction of sp³-hybridized carbons (Fsp3) is 0.647. The molecule has 20 heavy (non-hydrogen) atoms.